The quantitative estimate of drug-likeness (QED) is 0.220. The smallest absolute Gasteiger partial charge is 0.412 e. The third kappa shape index (κ3) is 7.72. The van der Waals surface area contributed by atoms with Gasteiger partial charge in [0.05, 0.1) is 6.07 Å². The predicted octanol–water partition coefficient (Wildman–Crippen LogP) is 4.46. The minimum Gasteiger partial charge on any atom is -0.444 e. The second kappa shape index (κ2) is 13.4. The van der Waals surface area contributed by atoms with Gasteiger partial charge in [-0.1, -0.05) is 85.6 Å². The zero-order chi connectivity index (χ0) is 32.1. The van der Waals surface area contributed by atoms with Crippen LogP contribution in [0.2, 0.25) is 0 Å². The fourth-order valence-electron chi connectivity index (χ4n) is 6.06. The molecule has 2 aliphatic carbocycles. The highest BCUT2D eigenvalue weighted by molar-refractivity contribution is 6.04. The van der Waals surface area contributed by atoms with Crippen molar-refractivity contribution in [3.8, 4) is 6.07 Å². The third-order valence-corrected chi connectivity index (χ3v) is 8.95. The Morgan fingerprint density at radius 3 is 2.43 bits per heavy atom. The molecule has 1 aliphatic heterocycles. The number of amides is 4. The zero-order valence-electron chi connectivity index (χ0n) is 25.5. The van der Waals surface area contributed by atoms with Gasteiger partial charge in [0.15, 0.2) is 0 Å². The molecule has 4 amide bonds. The highest BCUT2D eigenvalue weighted by atomic mass is 16.5. The first kappa shape index (κ1) is 30.8. The van der Waals surface area contributed by atoms with Crippen molar-refractivity contribution in [2.75, 3.05) is 0 Å². The first-order valence-corrected chi connectivity index (χ1v) is 15.8. The summed E-state index contributed by atoms with van der Waals surface area (Å²) in [5, 5.41) is 22.9. The van der Waals surface area contributed by atoms with E-state index in [9.17, 15) is 24.4 Å². The Morgan fingerprint density at radius 2 is 1.72 bits per heavy atom. The van der Waals surface area contributed by atoms with Gasteiger partial charge in [0.1, 0.15) is 24.4 Å². The van der Waals surface area contributed by atoms with Crippen LogP contribution in [0.4, 0.5) is 4.79 Å². The van der Waals surface area contributed by atoms with Gasteiger partial charge >= 0.3 is 6.09 Å². The molecule has 1 spiro atoms. The minimum absolute atomic E-state index is 0.0121. The van der Waals surface area contributed by atoms with Crippen molar-refractivity contribution < 1.29 is 23.9 Å². The number of rotatable bonds is 12. The number of carbonyl (C=O) groups excluding carboxylic acids is 4. The molecule has 4 N–H and O–H groups in total. The van der Waals surface area contributed by atoms with Crippen molar-refractivity contribution in [2.45, 2.75) is 69.2 Å². The number of carbonyl (C=O) groups is 4. The molecule has 1 saturated heterocycles. The Morgan fingerprint density at radius 1 is 0.978 bits per heavy atom. The van der Waals surface area contributed by atoms with Crippen LogP contribution in [0.1, 0.15) is 56.1 Å². The SMILES string of the molecule is N#C[C@H](C[C@@H]1CC2(CC2)NC1=O)NC(=O)[C@H](CC1CC1)NC(=O)/C(=C\c1cccc2ccccc12)NC(=O)OCc1ccccc1. The molecule has 3 aliphatic rings. The summed E-state index contributed by atoms with van der Waals surface area (Å²) in [7, 11) is 0. The van der Waals surface area contributed by atoms with E-state index in [1.807, 2.05) is 72.8 Å². The van der Waals surface area contributed by atoms with Gasteiger partial charge in [0, 0.05) is 11.5 Å². The van der Waals surface area contributed by atoms with E-state index in [2.05, 4.69) is 27.3 Å². The summed E-state index contributed by atoms with van der Waals surface area (Å²) in [4.78, 5) is 52.7. The number of alkyl carbamates (subject to hydrolysis) is 1. The Labute approximate surface area is 267 Å². The van der Waals surface area contributed by atoms with E-state index in [4.69, 9.17) is 4.74 Å². The Bertz CT molecular complexity index is 1700. The number of nitriles is 1. The monoisotopic (exact) mass is 619 g/mol. The normalized spacial score (nSPS) is 19.4. The number of hydrogen-bond donors (Lipinski definition) is 4. The molecule has 3 fully saturated rings. The second-order valence-corrected chi connectivity index (χ2v) is 12.6. The molecule has 6 rings (SSSR count). The van der Waals surface area contributed by atoms with Gasteiger partial charge in [-0.25, -0.2) is 4.79 Å². The number of hydrogen-bond acceptors (Lipinski definition) is 6. The van der Waals surface area contributed by atoms with Gasteiger partial charge in [-0.3, -0.25) is 19.7 Å². The standard InChI is InChI=1S/C36H37N5O5/c37-21-28(18-27-20-36(15-16-36)41-32(27)42)38-33(43)30(17-23-13-14-23)39-34(44)31(40-35(45)46-22-24-7-2-1-3-8-24)19-26-11-6-10-25-9-4-5-12-29(25)26/h1-12,19,23,27-28,30H,13-18,20,22H2,(H,38,43)(H,39,44)(H,40,45)(H,41,42)/b31-19+/t27-,28+,30+/m1/s1. The van der Waals surface area contributed by atoms with E-state index in [-0.39, 0.29) is 42.0 Å². The van der Waals surface area contributed by atoms with Crippen molar-refractivity contribution in [1.82, 2.24) is 21.3 Å². The number of ether oxygens (including phenoxy) is 1. The summed E-state index contributed by atoms with van der Waals surface area (Å²) in [6.45, 7) is 0.0121. The van der Waals surface area contributed by atoms with E-state index in [1.54, 1.807) is 6.08 Å². The van der Waals surface area contributed by atoms with Crippen molar-refractivity contribution in [1.29, 1.82) is 5.26 Å². The zero-order valence-corrected chi connectivity index (χ0v) is 25.5. The Hall–Kier alpha value is -5.17. The molecule has 3 aromatic carbocycles. The van der Waals surface area contributed by atoms with Crippen molar-refractivity contribution in [3.05, 3.63) is 89.6 Å². The minimum atomic E-state index is -0.943. The first-order chi connectivity index (χ1) is 22.3. The van der Waals surface area contributed by atoms with Crippen molar-refractivity contribution in [2.24, 2.45) is 11.8 Å². The molecule has 3 atom stereocenters. The predicted molar refractivity (Wildman–Crippen MR) is 171 cm³/mol. The molecule has 1 heterocycles. The van der Waals surface area contributed by atoms with Gasteiger partial charge in [0.25, 0.3) is 5.91 Å². The lowest BCUT2D eigenvalue weighted by Crippen LogP contribution is -2.51. The summed E-state index contributed by atoms with van der Waals surface area (Å²) < 4.78 is 5.40. The first-order valence-electron chi connectivity index (χ1n) is 15.8. The molecule has 0 unspecified atom stereocenters. The highest BCUT2D eigenvalue weighted by Crippen LogP contribution is 2.46. The van der Waals surface area contributed by atoms with Crippen LogP contribution in [-0.4, -0.2) is 41.4 Å². The maximum Gasteiger partial charge on any atom is 0.412 e. The van der Waals surface area contributed by atoms with Gasteiger partial charge in [-0.2, -0.15) is 5.26 Å². The lowest BCUT2D eigenvalue weighted by molar-refractivity contribution is -0.128. The van der Waals surface area contributed by atoms with E-state index in [1.165, 1.54) is 0 Å². The van der Waals surface area contributed by atoms with Crippen LogP contribution in [0.15, 0.2) is 78.5 Å². The van der Waals surface area contributed by atoms with Crippen LogP contribution in [0.3, 0.4) is 0 Å². The molecule has 0 aromatic heterocycles. The van der Waals surface area contributed by atoms with Gasteiger partial charge < -0.3 is 20.7 Å². The fourth-order valence-corrected chi connectivity index (χ4v) is 6.06. The highest BCUT2D eigenvalue weighted by Gasteiger charge is 2.52. The molecular formula is C36H37N5O5. The van der Waals surface area contributed by atoms with Crippen LogP contribution in [0.25, 0.3) is 16.8 Å². The molecule has 236 valence electrons. The molecule has 46 heavy (non-hydrogen) atoms. The van der Waals surface area contributed by atoms with Crippen LogP contribution >= 0.6 is 0 Å². The number of fused-ring (bicyclic) bond motifs is 1. The Kier molecular flexibility index (Phi) is 9.01. The maximum atomic E-state index is 13.8. The average molecular weight is 620 g/mol. The summed E-state index contributed by atoms with van der Waals surface area (Å²) in [5.74, 6) is -1.32. The van der Waals surface area contributed by atoms with Crippen LogP contribution in [-0.2, 0) is 25.7 Å². The van der Waals surface area contributed by atoms with E-state index in [0.29, 0.717) is 18.4 Å². The number of nitrogens with zero attached hydrogens (tertiary/aromatic N) is 1. The molecule has 0 bridgehead atoms. The molecule has 10 nitrogen and oxygen atoms in total. The van der Waals surface area contributed by atoms with Crippen molar-refractivity contribution >= 4 is 40.7 Å². The number of benzene rings is 3. The molecule has 2 saturated carbocycles. The topological polar surface area (TPSA) is 149 Å². The molecular weight excluding hydrogens is 582 g/mol. The largest absolute Gasteiger partial charge is 0.444 e. The van der Waals surface area contributed by atoms with Crippen LogP contribution in [0.5, 0.6) is 0 Å². The molecule has 10 heteroatoms. The van der Waals surface area contributed by atoms with E-state index < -0.39 is 30.0 Å². The van der Waals surface area contributed by atoms with Crippen LogP contribution in [0, 0.1) is 23.2 Å². The summed E-state index contributed by atoms with van der Waals surface area (Å²) in [6, 6.07) is 22.8. The average Bonchev–Trinajstić information content (AvgIpc) is 4.00. The van der Waals surface area contributed by atoms with Gasteiger partial charge in [-0.15, -0.1) is 0 Å². The lowest BCUT2D eigenvalue weighted by atomic mass is 9.95. The van der Waals surface area contributed by atoms with Gasteiger partial charge in [-0.05, 0) is 66.0 Å². The van der Waals surface area contributed by atoms with Gasteiger partial charge in [0.2, 0.25) is 11.8 Å². The molecule has 0 radical (unpaired) electrons. The fraction of sp³-hybridized carbons (Fsp3) is 0.361. The third-order valence-electron chi connectivity index (χ3n) is 8.95. The van der Waals surface area contributed by atoms with Crippen molar-refractivity contribution in [3.63, 3.8) is 0 Å². The van der Waals surface area contributed by atoms with E-state index >= 15 is 0 Å². The summed E-state index contributed by atoms with van der Waals surface area (Å²) in [5.41, 5.74) is 1.27. The van der Waals surface area contributed by atoms with Crippen LogP contribution < -0.4 is 21.3 Å². The molecule has 3 aromatic rings. The summed E-state index contributed by atoms with van der Waals surface area (Å²) >= 11 is 0. The maximum absolute atomic E-state index is 13.8. The number of nitrogens with one attached hydrogen (secondary N) is 4. The Balaban J connectivity index is 1.18. The lowest BCUT2D eigenvalue weighted by Gasteiger charge is -2.22. The van der Waals surface area contributed by atoms with E-state index in [0.717, 1.165) is 42.0 Å². The summed E-state index contributed by atoms with van der Waals surface area (Å²) in [6.07, 6.45) is 5.77. The second-order valence-electron chi connectivity index (χ2n) is 12.6.